The van der Waals surface area contributed by atoms with Crippen molar-refractivity contribution in [3.8, 4) is 0 Å². The second kappa shape index (κ2) is 6.49. The van der Waals surface area contributed by atoms with Gasteiger partial charge in [0.05, 0.1) is 6.04 Å². The van der Waals surface area contributed by atoms with Gasteiger partial charge in [-0.1, -0.05) is 12.8 Å². The summed E-state index contributed by atoms with van der Waals surface area (Å²) in [5, 5.41) is 7.44. The molecule has 19 heavy (non-hydrogen) atoms. The first-order valence-corrected chi connectivity index (χ1v) is 9.03. The summed E-state index contributed by atoms with van der Waals surface area (Å²) in [5.74, 6) is 2.35. The van der Waals surface area contributed by atoms with Crippen LogP contribution in [0.15, 0.2) is 0 Å². The number of amides is 1. The average molecular weight is 282 g/mol. The van der Waals surface area contributed by atoms with Gasteiger partial charge in [-0.05, 0) is 50.2 Å². The van der Waals surface area contributed by atoms with E-state index in [1.165, 1.54) is 50.7 Å². The monoisotopic (exact) mass is 282 g/mol. The predicted octanol–water partition coefficient (Wildman–Crippen LogP) is 2.31. The highest BCUT2D eigenvalue weighted by atomic mass is 32.2. The van der Waals surface area contributed by atoms with Crippen molar-refractivity contribution in [3.63, 3.8) is 0 Å². The van der Waals surface area contributed by atoms with Crippen LogP contribution in [0.25, 0.3) is 0 Å². The third kappa shape index (κ3) is 3.46. The molecule has 1 aliphatic carbocycles. The third-order valence-corrected chi connectivity index (χ3v) is 6.39. The number of carbonyl (C=O) groups excluding carboxylic acids is 1. The smallest absolute Gasteiger partial charge is 0.237 e. The molecule has 4 heteroatoms. The van der Waals surface area contributed by atoms with Gasteiger partial charge in [0.25, 0.3) is 0 Å². The highest BCUT2D eigenvalue weighted by molar-refractivity contribution is 8.00. The van der Waals surface area contributed by atoms with Crippen LogP contribution in [0.2, 0.25) is 0 Å². The molecule has 2 aliphatic heterocycles. The molecule has 108 valence electrons. The lowest BCUT2D eigenvalue weighted by Gasteiger charge is -2.40. The molecular weight excluding hydrogens is 256 g/mol. The lowest BCUT2D eigenvalue weighted by Crippen LogP contribution is -2.55. The summed E-state index contributed by atoms with van der Waals surface area (Å²) in [6, 6.07) is 0.685. The molecule has 3 rings (SSSR count). The van der Waals surface area contributed by atoms with E-state index in [-0.39, 0.29) is 11.9 Å². The van der Waals surface area contributed by atoms with Crippen molar-refractivity contribution < 1.29 is 4.79 Å². The van der Waals surface area contributed by atoms with Crippen LogP contribution < -0.4 is 10.6 Å². The maximum Gasteiger partial charge on any atom is 0.237 e. The molecule has 1 amide bonds. The Morgan fingerprint density at radius 1 is 1.11 bits per heavy atom. The first-order chi connectivity index (χ1) is 9.33. The fraction of sp³-hybridized carbons (Fsp3) is 0.933. The van der Waals surface area contributed by atoms with Gasteiger partial charge < -0.3 is 10.6 Å². The Balaban J connectivity index is 1.44. The molecule has 0 radical (unpaired) electrons. The summed E-state index contributed by atoms with van der Waals surface area (Å²) < 4.78 is 0. The Labute approximate surface area is 120 Å². The minimum Gasteiger partial charge on any atom is -0.354 e. The van der Waals surface area contributed by atoms with E-state index < -0.39 is 0 Å². The number of thioether (sulfide) groups is 1. The van der Waals surface area contributed by atoms with Crippen LogP contribution in [0, 0.1) is 5.92 Å². The lowest BCUT2D eigenvalue weighted by atomic mass is 9.77. The molecule has 2 saturated heterocycles. The number of carbonyl (C=O) groups is 1. The molecule has 2 heterocycles. The van der Waals surface area contributed by atoms with E-state index in [0.717, 1.165) is 18.9 Å². The zero-order valence-electron chi connectivity index (χ0n) is 11.7. The Morgan fingerprint density at radius 3 is 2.84 bits per heavy atom. The van der Waals surface area contributed by atoms with Gasteiger partial charge in [0, 0.05) is 17.8 Å². The molecule has 3 fully saturated rings. The van der Waals surface area contributed by atoms with Gasteiger partial charge >= 0.3 is 0 Å². The standard InChI is InChI=1S/C15H26N2OS/c18-15(16-10-12-5-3-9-19-12)14-8-7-11-4-1-2-6-13(11)17-14/h11-14,17H,1-10H2,(H,16,18). The van der Waals surface area contributed by atoms with Crippen molar-refractivity contribution in [1.29, 1.82) is 0 Å². The SMILES string of the molecule is O=C(NCC1CCCS1)C1CCC2CCCCC2N1. The fourth-order valence-corrected chi connectivity index (χ4v) is 5.05. The molecule has 4 unspecified atom stereocenters. The van der Waals surface area contributed by atoms with Crippen molar-refractivity contribution >= 4 is 17.7 Å². The van der Waals surface area contributed by atoms with Crippen molar-refractivity contribution in [2.75, 3.05) is 12.3 Å². The zero-order valence-corrected chi connectivity index (χ0v) is 12.5. The van der Waals surface area contributed by atoms with E-state index in [2.05, 4.69) is 10.6 Å². The van der Waals surface area contributed by atoms with E-state index in [0.29, 0.717) is 11.3 Å². The molecule has 3 aliphatic rings. The van der Waals surface area contributed by atoms with Crippen molar-refractivity contribution in [1.82, 2.24) is 10.6 Å². The summed E-state index contributed by atoms with van der Waals surface area (Å²) in [5.41, 5.74) is 0. The summed E-state index contributed by atoms with van der Waals surface area (Å²) in [4.78, 5) is 12.2. The Bertz CT molecular complexity index is 317. The number of hydrogen-bond acceptors (Lipinski definition) is 3. The minimum absolute atomic E-state index is 0.0748. The molecule has 0 spiro atoms. The van der Waals surface area contributed by atoms with Gasteiger partial charge in [-0.3, -0.25) is 4.79 Å². The first kappa shape index (κ1) is 13.7. The van der Waals surface area contributed by atoms with Crippen LogP contribution in [-0.4, -0.2) is 35.5 Å². The molecule has 0 aromatic heterocycles. The van der Waals surface area contributed by atoms with E-state index in [4.69, 9.17) is 0 Å². The van der Waals surface area contributed by atoms with Crippen LogP contribution in [0.1, 0.15) is 51.4 Å². The normalized spacial score (nSPS) is 38.7. The van der Waals surface area contributed by atoms with Gasteiger partial charge in [-0.25, -0.2) is 0 Å². The largest absolute Gasteiger partial charge is 0.354 e. The summed E-state index contributed by atoms with van der Waals surface area (Å²) in [7, 11) is 0. The number of rotatable bonds is 3. The van der Waals surface area contributed by atoms with Crippen molar-refractivity contribution in [2.24, 2.45) is 5.92 Å². The summed E-state index contributed by atoms with van der Waals surface area (Å²) in [6.45, 7) is 0.871. The molecule has 2 N–H and O–H groups in total. The number of fused-ring (bicyclic) bond motifs is 1. The van der Waals surface area contributed by atoms with Gasteiger partial charge in [0.2, 0.25) is 5.91 Å². The second-order valence-electron chi connectivity index (χ2n) is 6.33. The maximum atomic E-state index is 12.2. The molecule has 0 aromatic rings. The summed E-state index contributed by atoms with van der Waals surface area (Å²) >= 11 is 2.01. The summed E-state index contributed by atoms with van der Waals surface area (Å²) in [6.07, 6.45) is 10.2. The third-order valence-electron chi connectivity index (χ3n) is 4.99. The van der Waals surface area contributed by atoms with Crippen LogP contribution in [0.5, 0.6) is 0 Å². The average Bonchev–Trinajstić information content (AvgIpc) is 2.97. The number of piperidine rings is 1. The highest BCUT2D eigenvalue weighted by Crippen LogP contribution is 2.32. The number of hydrogen-bond donors (Lipinski definition) is 2. The van der Waals surface area contributed by atoms with Gasteiger partial charge in [0.1, 0.15) is 0 Å². The van der Waals surface area contributed by atoms with Crippen LogP contribution in [-0.2, 0) is 4.79 Å². The molecular formula is C15H26N2OS. The van der Waals surface area contributed by atoms with Gasteiger partial charge in [-0.15, -0.1) is 0 Å². The predicted molar refractivity (Wildman–Crippen MR) is 80.4 cm³/mol. The minimum atomic E-state index is 0.0748. The highest BCUT2D eigenvalue weighted by Gasteiger charge is 2.34. The maximum absolute atomic E-state index is 12.2. The Kier molecular flexibility index (Phi) is 4.69. The topological polar surface area (TPSA) is 41.1 Å². The van der Waals surface area contributed by atoms with Crippen LogP contribution in [0.4, 0.5) is 0 Å². The van der Waals surface area contributed by atoms with Gasteiger partial charge in [0.15, 0.2) is 0 Å². The Morgan fingerprint density at radius 2 is 2.00 bits per heavy atom. The fourth-order valence-electron chi connectivity index (χ4n) is 3.84. The van der Waals surface area contributed by atoms with E-state index >= 15 is 0 Å². The van der Waals surface area contributed by atoms with E-state index in [1.807, 2.05) is 11.8 Å². The van der Waals surface area contributed by atoms with Gasteiger partial charge in [-0.2, -0.15) is 11.8 Å². The molecule has 4 atom stereocenters. The van der Waals surface area contributed by atoms with Crippen LogP contribution >= 0.6 is 11.8 Å². The number of nitrogens with one attached hydrogen (secondary N) is 2. The van der Waals surface area contributed by atoms with Crippen molar-refractivity contribution in [3.05, 3.63) is 0 Å². The quantitative estimate of drug-likeness (QED) is 0.834. The molecule has 0 aromatic carbocycles. The Hall–Kier alpha value is -0.220. The molecule has 1 saturated carbocycles. The first-order valence-electron chi connectivity index (χ1n) is 7.98. The molecule has 3 nitrogen and oxygen atoms in total. The van der Waals surface area contributed by atoms with E-state index in [9.17, 15) is 4.79 Å². The molecule has 0 bridgehead atoms. The van der Waals surface area contributed by atoms with Crippen LogP contribution in [0.3, 0.4) is 0 Å². The lowest BCUT2D eigenvalue weighted by molar-refractivity contribution is -0.124. The zero-order chi connectivity index (χ0) is 13.1. The van der Waals surface area contributed by atoms with Crippen molar-refractivity contribution in [2.45, 2.75) is 68.7 Å². The van der Waals surface area contributed by atoms with E-state index in [1.54, 1.807) is 0 Å². The second-order valence-corrected chi connectivity index (χ2v) is 7.74.